The van der Waals surface area contributed by atoms with Crippen LogP contribution in [0, 0.1) is 13.8 Å². The number of nitrogens with zero attached hydrogens (tertiary/aromatic N) is 1. The van der Waals surface area contributed by atoms with E-state index in [9.17, 15) is 0 Å². The highest BCUT2D eigenvalue weighted by Crippen LogP contribution is 2.26. The van der Waals surface area contributed by atoms with Crippen LogP contribution in [0.25, 0.3) is 10.9 Å². The zero-order valence-electron chi connectivity index (χ0n) is 12.7. The van der Waals surface area contributed by atoms with Crippen molar-refractivity contribution in [2.24, 2.45) is 0 Å². The van der Waals surface area contributed by atoms with Gasteiger partial charge in [0, 0.05) is 11.1 Å². The Morgan fingerprint density at radius 1 is 0.952 bits per heavy atom. The molecule has 1 atom stereocenters. The first-order valence-corrected chi connectivity index (χ1v) is 7.29. The molecule has 0 aliphatic heterocycles. The molecule has 0 fully saturated rings. The Kier molecular flexibility index (Phi) is 3.72. The van der Waals surface area contributed by atoms with Gasteiger partial charge in [-0.15, -0.1) is 0 Å². The summed E-state index contributed by atoms with van der Waals surface area (Å²) in [6, 6.07) is 19.5. The third-order valence-electron chi connectivity index (χ3n) is 3.97. The Labute approximate surface area is 125 Å². The average Bonchev–Trinajstić information content (AvgIpc) is 2.50. The number of hydrogen-bond acceptors (Lipinski definition) is 2. The van der Waals surface area contributed by atoms with Crippen molar-refractivity contribution in [2.75, 3.05) is 7.05 Å². The zero-order valence-corrected chi connectivity index (χ0v) is 12.7. The van der Waals surface area contributed by atoms with Gasteiger partial charge in [0.25, 0.3) is 0 Å². The molecular weight excluding hydrogens is 256 g/mol. The van der Waals surface area contributed by atoms with Gasteiger partial charge in [-0.05, 0) is 55.8 Å². The van der Waals surface area contributed by atoms with Gasteiger partial charge in [0.2, 0.25) is 0 Å². The van der Waals surface area contributed by atoms with Crippen LogP contribution in [0.1, 0.15) is 28.4 Å². The van der Waals surface area contributed by atoms with Crippen LogP contribution in [0.5, 0.6) is 0 Å². The van der Waals surface area contributed by atoms with Gasteiger partial charge in [0.1, 0.15) is 0 Å². The van der Waals surface area contributed by atoms with Crippen molar-refractivity contribution in [3.8, 4) is 0 Å². The van der Waals surface area contributed by atoms with E-state index in [1.807, 2.05) is 14.0 Å². The lowest BCUT2D eigenvalue weighted by molar-refractivity contribution is 0.688. The van der Waals surface area contributed by atoms with E-state index in [0.717, 1.165) is 11.2 Å². The van der Waals surface area contributed by atoms with Crippen LogP contribution in [0.2, 0.25) is 0 Å². The molecule has 0 aliphatic carbocycles. The maximum absolute atomic E-state index is 4.57. The number of fused-ring (bicyclic) bond motifs is 1. The Bertz CT molecular complexity index is 777. The molecule has 0 amide bonds. The molecule has 0 spiro atoms. The van der Waals surface area contributed by atoms with E-state index in [4.69, 9.17) is 0 Å². The lowest BCUT2D eigenvalue weighted by Gasteiger charge is -2.20. The van der Waals surface area contributed by atoms with Gasteiger partial charge >= 0.3 is 0 Å². The summed E-state index contributed by atoms with van der Waals surface area (Å²) in [5.74, 6) is 0. The van der Waals surface area contributed by atoms with Gasteiger partial charge in [-0.25, -0.2) is 0 Å². The molecule has 2 aromatic carbocycles. The smallest absolute Gasteiger partial charge is 0.0705 e. The van der Waals surface area contributed by atoms with Gasteiger partial charge in [-0.1, -0.05) is 36.4 Å². The number of hydrogen-bond donors (Lipinski definition) is 1. The summed E-state index contributed by atoms with van der Waals surface area (Å²) in [6.45, 7) is 4.18. The van der Waals surface area contributed by atoms with Crippen LogP contribution in [-0.2, 0) is 0 Å². The summed E-state index contributed by atoms with van der Waals surface area (Å²) in [5.41, 5.74) is 6.00. The summed E-state index contributed by atoms with van der Waals surface area (Å²) >= 11 is 0. The van der Waals surface area contributed by atoms with Crippen molar-refractivity contribution in [3.05, 3.63) is 77.0 Å². The molecule has 0 aliphatic rings. The predicted octanol–water partition coefficient (Wildman–Crippen LogP) is 4.16. The third kappa shape index (κ3) is 2.67. The second-order valence-corrected chi connectivity index (χ2v) is 5.48. The number of benzene rings is 2. The standard InChI is InChI=1S/C19H20N2/c1-13-6-4-5-7-17(13)19(20-3)16-10-11-18-15(12-16)9-8-14(2)21-18/h4-12,19-20H,1-3H3. The molecule has 0 bridgehead atoms. The number of aromatic nitrogens is 1. The minimum Gasteiger partial charge on any atom is -0.309 e. The van der Waals surface area contributed by atoms with Crippen molar-refractivity contribution in [3.63, 3.8) is 0 Å². The predicted molar refractivity (Wildman–Crippen MR) is 88.6 cm³/mol. The van der Waals surface area contributed by atoms with Gasteiger partial charge in [0.05, 0.1) is 11.6 Å². The quantitative estimate of drug-likeness (QED) is 0.777. The summed E-state index contributed by atoms with van der Waals surface area (Å²) in [6.07, 6.45) is 0. The van der Waals surface area contributed by atoms with Crippen LogP contribution < -0.4 is 5.32 Å². The molecule has 0 saturated heterocycles. The molecule has 21 heavy (non-hydrogen) atoms. The molecule has 0 saturated carbocycles. The van der Waals surface area contributed by atoms with Gasteiger partial charge < -0.3 is 5.32 Å². The SMILES string of the molecule is CNC(c1ccc2nc(C)ccc2c1)c1ccccc1C. The van der Waals surface area contributed by atoms with Crippen molar-refractivity contribution in [2.45, 2.75) is 19.9 Å². The molecule has 1 heterocycles. The Balaban J connectivity index is 2.09. The average molecular weight is 276 g/mol. The van der Waals surface area contributed by atoms with E-state index in [1.54, 1.807) is 0 Å². The molecule has 3 aromatic rings. The summed E-state index contributed by atoms with van der Waals surface area (Å²) in [7, 11) is 2.01. The maximum Gasteiger partial charge on any atom is 0.0705 e. The minimum absolute atomic E-state index is 0.205. The number of nitrogens with one attached hydrogen (secondary N) is 1. The topological polar surface area (TPSA) is 24.9 Å². The molecule has 2 nitrogen and oxygen atoms in total. The van der Waals surface area contributed by atoms with Gasteiger partial charge in [-0.3, -0.25) is 4.98 Å². The van der Waals surface area contributed by atoms with Gasteiger partial charge in [-0.2, -0.15) is 0 Å². The molecule has 3 rings (SSSR count). The normalized spacial score (nSPS) is 12.5. The lowest BCUT2D eigenvalue weighted by Crippen LogP contribution is -2.18. The van der Waals surface area contributed by atoms with Crippen LogP contribution in [0.4, 0.5) is 0 Å². The molecule has 1 unspecified atom stereocenters. The highest BCUT2D eigenvalue weighted by atomic mass is 14.9. The van der Waals surface area contributed by atoms with E-state index in [2.05, 4.69) is 71.8 Å². The lowest BCUT2D eigenvalue weighted by atomic mass is 9.94. The fourth-order valence-corrected chi connectivity index (χ4v) is 2.84. The summed E-state index contributed by atoms with van der Waals surface area (Å²) < 4.78 is 0. The zero-order chi connectivity index (χ0) is 14.8. The van der Waals surface area contributed by atoms with Crippen molar-refractivity contribution < 1.29 is 0 Å². The molecule has 2 heteroatoms. The maximum atomic E-state index is 4.57. The Morgan fingerprint density at radius 3 is 2.52 bits per heavy atom. The molecule has 1 aromatic heterocycles. The van der Waals surface area contributed by atoms with Crippen LogP contribution >= 0.6 is 0 Å². The fourth-order valence-electron chi connectivity index (χ4n) is 2.84. The minimum atomic E-state index is 0.205. The first kappa shape index (κ1) is 13.8. The molecule has 0 radical (unpaired) electrons. The van der Waals surface area contributed by atoms with E-state index < -0.39 is 0 Å². The fraction of sp³-hybridized carbons (Fsp3) is 0.211. The van der Waals surface area contributed by atoms with E-state index >= 15 is 0 Å². The number of rotatable bonds is 3. The van der Waals surface area contributed by atoms with E-state index in [1.165, 1.54) is 22.1 Å². The monoisotopic (exact) mass is 276 g/mol. The number of pyridine rings is 1. The van der Waals surface area contributed by atoms with Crippen molar-refractivity contribution in [1.29, 1.82) is 0 Å². The molecule has 106 valence electrons. The third-order valence-corrected chi connectivity index (χ3v) is 3.97. The molecule has 1 N–H and O–H groups in total. The van der Waals surface area contributed by atoms with E-state index in [0.29, 0.717) is 0 Å². The first-order chi connectivity index (χ1) is 10.2. The second-order valence-electron chi connectivity index (χ2n) is 5.48. The first-order valence-electron chi connectivity index (χ1n) is 7.29. The van der Waals surface area contributed by atoms with Crippen molar-refractivity contribution >= 4 is 10.9 Å². The van der Waals surface area contributed by atoms with Crippen LogP contribution in [0.3, 0.4) is 0 Å². The van der Waals surface area contributed by atoms with E-state index in [-0.39, 0.29) is 6.04 Å². The highest BCUT2D eigenvalue weighted by molar-refractivity contribution is 5.79. The van der Waals surface area contributed by atoms with Crippen LogP contribution in [0.15, 0.2) is 54.6 Å². The Hall–Kier alpha value is -2.19. The summed E-state index contributed by atoms with van der Waals surface area (Å²) in [4.78, 5) is 4.57. The van der Waals surface area contributed by atoms with Crippen LogP contribution in [-0.4, -0.2) is 12.0 Å². The highest BCUT2D eigenvalue weighted by Gasteiger charge is 2.14. The number of aryl methyl sites for hydroxylation is 2. The van der Waals surface area contributed by atoms with Gasteiger partial charge in [0.15, 0.2) is 0 Å². The summed E-state index contributed by atoms with van der Waals surface area (Å²) in [5, 5.41) is 4.62. The van der Waals surface area contributed by atoms with Crippen molar-refractivity contribution in [1.82, 2.24) is 10.3 Å². The second kappa shape index (κ2) is 5.66. The Morgan fingerprint density at radius 2 is 1.76 bits per heavy atom. The molecular formula is C19H20N2. The largest absolute Gasteiger partial charge is 0.309 e.